The molecule has 1 heterocycles. The van der Waals surface area contributed by atoms with E-state index in [4.69, 9.17) is 5.11 Å². The Hall–Kier alpha value is -1.38. The molecule has 5 heteroatoms. The van der Waals surface area contributed by atoms with Crippen molar-refractivity contribution in [2.75, 3.05) is 0 Å². The van der Waals surface area contributed by atoms with E-state index in [-0.39, 0.29) is 12.8 Å². The van der Waals surface area contributed by atoms with Crippen LogP contribution in [0, 0.1) is 11.8 Å². The minimum absolute atomic E-state index is 0.130. The molecule has 1 fully saturated rings. The number of hydrogen-bond donors (Lipinski definition) is 1. The van der Waals surface area contributed by atoms with Gasteiger partial charge in [-0.2, -0.15) is 0 Å². The second-order valence-electron chi connectivity index (χ2n) is 2.43. The van der Waals surface area contributed by atoms with Crippen molar-refractivity contribution in [2.24, 2.45) is 0 Å². The van der Waals surface area contributed by atoms with E-state index >= 15 is 0 Å². The van der Waals surface area contributed by atoms with Crippen LogP contribution in [-0.2, 0) is 14.4 Å². The predicted molar refractivity (Wildman–Crippen MR) is 41.6 cm³/mol. The van der Waals surface area contributed by atoms with Gasteiger partial charge in [0.25, 0.3) is 11.8 Å². The first-order chi connectivity index (χ1) is 6.15. The Labute approximate surface area is 75.2 Å². The number of aliphatic hydroxyl groups is 1. The Balaban J connectivity index is 2.55. The third kappa shape index (κ3) is 2.28. The highest BCUT2D eigenvalue weighted by Crippen LogP contribution is 2.12. The van der Waals surface area contributed by atoms with Crippen molar-refractivity contribution < 1.29 is 19.5 Å². The highest BCUT2D eigenvalue weighted by atomic mass is 16.8. The predicted octanol–water partition coefficient (Wildman–Crippen LogP) is -0.591. The van der Waals surface area contributed by atoms with Gasteiger partial charge in [0.05, 0.1) is 0 Å². The number of aliphatic hydroxyl groups excluding tert-OH is 1. The lowest BCUT2D eigenvalue weighted by atomic mass is 10.4. The molecular formula is C8H9NO4. The maximum absolute atomic E-state index is 10.9. The van der Waals surface area contributed by atoms with E-state index in [1.807, 2.05) is 0 Å². The Morgan fingerprint density at radius 3 is 2.46 bits per heavy atom. The number of carbonyl (C=O) groups is 2. The molecule has 1 aliphatic rings. The second kappa shape index (κ2) is 4.03. The lowest BCUT2D eigenvalue weighted by molar-refractivity contribution is -0.227. The topological polar surface area (TPSA) is 66.8 Å². The van der Waals surface area contributed by atoms with Crippen LogP contribution < -0.4 is 0 Å². The summed E-state index contributed by atoms with van der Waals surface area (Å²) >= 11 is 0. The molecule has 0 spiro atoms. The zero-order valence-corrected chi connectivity index (χ0v) is 7.11. The van der Waals surface area contributed by atoms with Crippen LogP contribution in [0.25, 0.3) is 0 Å². The van der Waals surface area contributed by atoms with E-state index < -0.39 is 18.1 Å². The first kappa shape index (κ1) is 9.71. The lowest BCUT2D eigenvalue weighted by Crippen LogP contribution is -2.33. The summed E-state index contributed by atoms with van der Waals surface area (Å²) in [7, 11) is 0. The maximum atomic E-state index is 10.9. The summed E-state index contributed by atoms with van der Waals surface area (Å²) in [5, 5.41) is 9.57. The van der Waals surface area contributed by atoms with Gasteiger partial charge in [0.15, 0.2) is 0 Å². The number of hydrogen-bond acceptors (Lipinski definition) is 4. The van der Waals surface area contributed by atoms with Crippen molar-refractivity contribution in [2.45, 2.75) is 26.1 Å². The normalized spacial score (nSPS) is 18.5. The summed E-state index contributed by atoms with van der Waals surface area (Å²) in [6.07, 6.45) is -1.16. The van der Waals surface area contributed by atoms with Gasteiger partial charge in [-0.15, -0.1) is 11.0 Å². The smallest absolute Gasteiger partial charge is 0.254 e. The quantitative estimate of drug-likeness (QED) is 0.353. The van der Waals surface area contributed by atoms with E-state index in [0.29, 0.717) is 5.06 Å². The first-order valence-corrected chi connectivity index (χ1v) is 3.78. The van der Waals surface area contributed by atoms with E-state index in [2.05, 4.69) is 16.7 Å². The number of hydroxylamine groups is 2. The van der Waals surface area contributed by atoms with Crippen LogP contribution in [0.3, 0.4) is 0 Å². The molecule has 1 rings (SSSR count). The van der Waals surface area contributed by atoms with Crippen molar-refractivity contribution in [3.8, 4) is 11.8 Å². The molecule has 1 saturated heterocycles. The average Bonchev–Trinajstić information content (AvgIpc) is 2.36. The zero-order chi connectivity index (χ0) is 9.84. The maximum Gasteiger partial charge on any atom is 0.254 e. The fourth-order valence-electron chi connectivity index (χ4n) is 0.923. The fourth-order valence-corrected chi connectivity index (χ4v) is 0.923. The van der Waals surface area contributed by atoms with Crippen molar-refractivity contribution in [1.82, 2.24) is 5.06 Å². The van der Waals surface area contributed by atoms with E-state index in [0.717, 1.165) is 0 Å². The summed E-state index contributed by atoms with van der Waals surface area (Å²) in [5.74, 6) is 3.76. The number of carbonyl (C=O) groups excluding carboxylic acids is 2. The van der Waals surface area contributed by atoms with Gasteiger partial charge in [-0.25, -0.2) is 4.84 Å². The van der Waals surface area contributed by atoms with Gasteiger partial charge in [-0.1, -0.05) is 0 Å². The molecule has 1 aliphatic heterocycles. The number of nitrogens with zero attached hydrogens (tertiary/aromatic N) is 1. The van der Waals surface area contributed by atoms with Crippen molar-refractivity contribution in [1.29, 1.82) is 0 Å². The van der Waals surface area contributed by atoms with Crippen LogP contribution in [-0.4, -0.2) is 28.3 Å². The molecule has 0 aromatic carbocycles. The summed E-state index contributed by atoms with van der Waals surface area (Å²) in [6.45, 7) is 1.51. The molecule has 5 nitrogen and oxygen atoms in total. The van der Waals surface area contributed by atoms with Crippen LogP contribution in [0.2, 0.25) is 0 Å². The van der Waals surface area contributed by atoms with Crippen molar-refractivity contribution in [3.05, 3.63) is 0 Å². The molecule has 0 aliphatic carbocycles. The molecule has 13 heavy (non-hydrogen) atoms. The van der Waals surface area contributed by atoms with Crippen LogP contribution in [0.4, 0.5) is 0 Å². The minimum atomic E-state index is -1.42. The Kier molecular flexibility index (Phi) is 3.01. The summed E-state index contributed by atoms with van der Waals surface area (Å²) in [5.41, 5.74) is 0. The molecule has 1 unspecified atom stereocenters. The number of rotatable bonds is 2. The van der Waals surface area contributed by atoms with Gasteiger partial charge in [0.1, 0.15) is 0 Å². The molecule has 0 bridgehead atoms. The Bertz CT molecular complexity index is 272. The minimum Gasteiger partial charge on any atom is -0.356 e. The summed E-state index contributed by atoms with van der Waals surface area (Å²) in [4.78, 5) is 26.5. The molecule has 1 atom stereocenters. The third-order valence-corrected chi connectivity index (χ3v) is 1.48. The van der Waals surface area contributed by atoms with Crippen LogP contribution in [0.1, 0.15) is 19.8 Å². The van der Waals surface area contributed by atoms with Crippen LogP contribution in [0.15, 0.2) is 0 Å². The second-order valence-corrected chi connectivity index (χ2v) is 2.43. The summed E-state index contributed by atoms with van der Waals surface area (Å²) < 4.78 is 0. The van der Waals surface area contributed by atoms with Gasteiger partial charge >= 0.3 is 0 Å². The fraction of sp³-hybridized carbons (Fsp3) is 0.500. The molecule has 70 valence electrons. The first-order valence-electron chi connectivity index (χ1n) is 3.78. The van der Waals surface area contributed by atoms with Crippen molar-refractivity contribution in [3.63, 3.8) is 0 Å². The lowest BCUT2D eigenvalue weighted by Gasteiger charge is -2.13. The highest BCUT2D eigenvalue weighted by Gasteiger charge is 2.31. The molecule has 1 N–H and O–H groups in total. The largest absolute Gasteiger partial charge is 0.356 e. The molecule has 0 radical (unpaired) electrons. The highest BCUT2D eigenvalue weighted by molar-refractivity contribution is 6.00. The third-order valence-electron chi connectivity index (χ3n) is 1.48. The van der Waals surface area contributed by atoms with Gasteiger partial charge in [-0.3, -0.25) is 9.59 Å². The van der Waals surface area contributed by atoms with Gasteiger partial charge in [-0.05, 0) is 12.8 Å². The van der Waals surface area contributed by atoms with E-state index in [1.165, 1.54) is 6.92 Å². The Morgan fingerprint density at radius 1 is 1.46 bits per heavy atom. The van der Waals surface area contributed by atoms with Crippen molar-refractivity contribution >= 4 is 11.8 Å². The van der Waals surface area contributed by atoms with Crippen LogP contribution >= 0.6 is 0 Å². The average molecular weight is 183 g/mol. The molecule has 0 saturated carbocycles. The monoisotopic (exact) mass is 183 g/mol. The standard InChI is InChI=1S/C8H9NO4/c1-2-3-8(12)13-9-6(10)4-5-7(9)11/h8,12H,4-5H2,1H3. The van der Waals surface area contributed by atoms with Gasteiger partial charge in [0, 0.05) is 12.8 Å². The molecule has 0 aromatic heterocycles. The van der Waals surface area contributed by atoms with E-state index in [1.54, 1.807) is 0 Å². The van der Waals surface area contributed by atoms with Gasteiger partial charge in [0.2, 0.25) is 6.29 Å². The zero-order valence-electron chi connectivity index (χ0n) is 7.11. The number of amides is 2. The van der Waals surface area contributed by atoms with E-state index in [9.17, 15) is 9.59 Å². The summed E-state index contributed by atoms with van der Waals surface area (Å²) in [6, 6.07) is 0. The molecule has 0 aromatic rings. The van der Waals surface area contributed by atoms with Crippen LogP contribution in [0.5, 0.6) is 0 Å². The molecular weight excluding hydrogens is 174 g/mol. The molecule has 2 amide bonds. The Morgan fingerprint density at radius 2 is 2.00 bits per heavy atom. The van der Waals surface area contributed by atoms with Gasteiger partial charge < -0.3 is 5.11 Å². The number of imide groups is 1. The SMILES string of the molecule is CC#CC(O)ON1C(=O)CCC1=O.